The minimum absolute atomic E-state index is 0.0304. The molecule has 0 saturated carbocycles. The predicted octanol–water partition coefficient (Wildman–Crippen LogP) is 3.13. The van der Waals surface area contributed by atoms with Crippen LogP contribution in [-0.2, 0) is 6.54 Å². The van der Waals surface area contributed by atoms with Crippen molar-refractivity contribution in [3.05, 3.63) is 35.9 Å². The number of alkyl halides is 4. The zero-order chi connectivity index (χ0) is 14.6. The molecule has 1 atom stereocenters. The Morgan fingerprint density at radius 3 is 2.10 bits per heavy atom. The first-order valence-corrected chi connectivity index (χ1v) is 7.56. The summed E-state index contributed by atoms with van der Waals surface area (Å²) in [5.74, 6) is 0. The van der Waals surface area contributed by atoms with Crippen molar-refractivity contribution in [3.63, 3.8) is 0 Å². The number of halogens is 4. The van der Waals surface area contributed by atoms with E-state index in [2.05, 4.69) is 33.0 Å². The quantitative estimate of drug-likeness (QED) is 0.769. The summed E-state index contributed by atoms with van der Waals surface area (Å²) in [6, 6.07) is 10.1. The van der Waals surface area contributed by atoms with Crippen molar-refractivity contribution in [2.24, 2.45) is 0 Å². The van der Waals surface area contributed by atoms with E-state index >= 15 is 0 Å². The van der Waals surface area contributed by atoms with E-state index in [1.807, 2.05) is 23.1 Å². The highest BCUT2D eigenvalue weighted by Gasteiger charge is 2.38. The maximum absolute atomic E-state index is 12.5. The second-order valence-corrected chi connectivity index (χ2v) is 6.18. The van der Waals surface area contributed by atoms with E-state index in [1.165, 1.54) is 5.56 Å². The Hall–Kier alpha value is -0.590. The van der Waals surface area contributed by atoms with E-state index in [9.17, 15) is 13.2 Å². The first-order valence-electron chi connectivity index (χ1n) is 6.64. The molecule has 0 bridgehead atoms. The minimum atomic E-state index is -4.17. The average Bonchev–Trinajstić information content (AvgIpc) is 2.41. The lowest BCUT2D eigenvalue weighted by molar-refractivity contribution is -0.131. The van der Waals surface area contributed by atoms with Crippen LogP contribution in [0, 0.1) is 0 Å². The first-order chi connectivity index (χ1) is 9.45. The van der Waals surface area contributed by atoms with Crippen molar-refractivity contribution in [2.45, 2.75) is 17.5 Å². The molecule has 2 rings (SSSR count). The Morgan fingerprint density at radius 1 is 1.00 bits per heavy atom. The Kier molecular flexibility index (Phi) is 5.46. The van der Waals surface area contributed by atoms with Crippen LogP contribution in [0.2, 0.25) is 0 Å². The van der Waals surface area contributed by atoms with Gasteiger partial charge in [0.15, 0.2) is 0 Å². The van der Waals surface area contributed by atoms with Gasteiger partial charge in [0.2, 0.25) is 0 Å². The van der Waals surface area contributed by atoms with Crippen molar-refractivity contribution in [2.75, 3.05) is 32.7 Å². The van der Waals surface area contributed by atoms with Gasteiger partial charge in [-0.2, -0.15) is 13.2 Å². The van der Waals surface area contributed by atoms with Crippen LogP contribution >= 0.6 is 15.9 Å². The van der Waals surface area contributed by atoms with E-state index < -0.39 is 11.0 Å². The molecule has 0 aliphatic carbocycles. The van der Waals surface area contributed by atoms with Crippen LogP contribution in [-0.4, -0.2) is 53.5 Å². The van der Waals surface area contributed by atoms with Crippen molar-refractivity contribution in [1.29, 1.82) is 0 Å². The van der Waals surface area contributed by atoms with Gasteiger partial charge in [-0.3, -0.25) is 9.80 Å². The molecule has 1 fully saturated rings. The molecule has 1 aromatic rings. The van der Waals surface area contributed by atoms with Crippen LogP contribution in [0.3, 0.4) is 0 Å². The first kappa shape index (κ1) is 15.8. The van der Waals surface area contributed by atoms with Gasteiger partial charge < -0.3 is 0 Å². The van der Waals surface area contributed by atoms with Crippen molar-refractivity contribution < 1.29 is 13.2 Å². The van der Waals surface area contributed by atoms with Gasteiger partial charge in [-0.15, -0.1) is 0 Å². The molecule has 6 heteroatoms. The topological polar surface area (TPSA) is 6.48 Å². The van der Waals surface area contributed by atoms with E-state index in [4.69, 9.17) is 0 Å². The SMILES string of the molecule is FC(F)(F)C(Br)CN1CCN(Cc2ccccc2)CC1. The summed E-state index contributed by atoms with van der Waals surface area (Å²) in [6.07, 6.45) is -4.17. The fraction of sp³-hybridized carbons (Fsp3) is 0.571. The molecule has 1 heterocycles. The van der Waals surface area contributed by atoms with E-state index in [1.54, 1.807) is 0 Å². The smallest absolute Gasteiger partial charge is 0.299 e. The van der Waals surface area contributed by atoms with Gasteiger partial charge in [0.25, 0.3) is 0 Å². The fourth-order valence-electron chi connectivity index (χ4n) is 2.30. The van der Waals surface area contributed by atoms with Gasteiger partial charge in [0, 0.05) is 39.3 Å². The summed E-state index contributed by atoms with van der Waals surface area (Å²) in [6.45, 7) is 3.89. The molecule has 0 aromatic heterocycles. The summed E-state index contributed by atoms with van der Waals surface area (Å²) in [5, 5.41) is 0. The second-order valence-electron chi connectivity index (χ2n) is 5.07. The lowest BCUT2D eigenvalue weighted by Crippen LogP contribution is -2.49. The van der Waals surface area contributed by atoms with Crippen molar-refractivity contribution in [3.8, 4) is 0 Å². The molecular formula is C14H18BrF3N2. The highest BCUT2D eigenvalue weighted by Crippen LogP contribution is 2.27. The van der Waals surface area contributed by atoms with E-state index in [-0.39, 0.29) is 6.54 Å². The summed E-state index contributed by atoms with van der Waals surface area (Å²) < 4.78 is 37.5. The lowest BCUT2D eigenvalue weighted by Gasteiger charge is -2.35. The number of benzene rings is 1. The summed E-state index contributed by atoms with van der Waals surface area (Å²) in [4.78, 5) is 2.72. The molecule has 1 aliphatic heterocycles. The lowest BCUT2D eigenvalue weighted by atomic mass is 10.2. The van der Waals surface area contributed by atoms with Crippen LogP contribution in [0.25, 0.3) is 0 Å². The van der Waals surface area contributed by atoms with Gasteiger partial charge in [-0.05, 0) is 5.56 Å². The van der Waals surface area contributed by atoms with Crippen LogP contribution in [0.15, 0.2) is 30.3 Å². The van der Waals surface area contributed by atoms with Gasteiger partial charge in [0.05, 0.1) is 0 Å². The van der Waals surface area contributed by atoms with Crippen LogP contribution < -0.4 is 0 Å². The number of piperazine rings is 1. The van der Waals surface area contributed by atoms with Crippen LogP contribution in [0.4, 0.5) is 13.2 Å². The average molecular weight is 351 g/mol. The fourth-order valence-corrected chi connectivity index (χ4v) is 2.71. The Bertz CT molecular complexity index is 403. The van der Waals surface area contributed by atoms with Gasteiger partial charge in [0.1, 0.15) is 4.83 Å². The Labute approximate surface area is 125 Å². The zero-order valence-corrected chi connectivity index (χ0v) is 12.7. The highest BCUT2D eigenvalue weighted by molar-refractivity contribution is 9.09. The van der Waals surface area contributed by atoms with Gasteiger partial charge in [-0.25, -0.2) is 0 Å². The summed E-state index contributed by atoms with van der Waals surface area (Å²) in [7, 11) is 0. The van der Waals surface area contributed by atoms with Crippen LogP contribution in [0.1, 0.15) is 5.56 Å². The number of nitrogens with zero attached hydrogens (tertiary/aromatic N) is 2. The maximum Gasteiger partial charge on any atom is 0.402 e. The number of hydrogen-bond acceptors (Lipinski definition) is 2. The van der Waals surface area contributed by atoms with Crippen molar-refractivity contribution in [1.82, 2.24) is 9.80 Å². The van der Waals surface area contributed by atoms with Crippen LogP contribution in [0.5, 0.6) is 0 Å². The van der Waals surface area contributed by atoms with E-state index in [0.29, 0.717) is 13.1 Å². The second kappa shape index (κ2) is 6.91. The zero-order valence-electron chi connectivity index (χ0n) is 11.1. The molecule has 112 valence electrons. The third kappa shape index (κ3) is 4.75. The normalized spacial score (nSPS) is 20.0. The molecule has 0 amide bonds. The molecule has 2 nitrogen and oxygen atoms in total. The van der Waals surface area contributed by atoms with Gasteiger partial charge in [-0.1, -0.05) is 46.3 Å². The predicted molar refractivity (Wildman–Crippen MR) is 76.9 cm³/mol. The summed E-state index contributed by atoms with van der Waals surface area (Å²) >= 11 is 2.72. The van der Waals surface area contributed by atoms with Gasteiger partial charge >= 0.3 is 6.18 Å². The molecule has 1 saturated heterocycles. The third-order valence-electron chi connectivity index (χ3n) is 3.49. The molecule has 0 N–H and O–H groups in total. The molecule has 1 unspecified atom stereocenters. The largest absolute Gasteiger partial charge is 0.402 e. The standard InChI is InChI=1S/C14H18BrF3N2/c15-13(14(16,17)18)11-20-8-6-19(7-9-20)10-12-4-2-1-3-5-12/h1-5,13H,6-11H2. The van der Waals surface area contributed by atoms with E-state index in [0.717, 1.165) is 19.6 Å². The third-order valence-corrected chi connectivity index (χ3v) is 4.30. The Balaban J connectivity index is 1.75. The molecule has 1 aromatic carbocycles. The highest BCUT2D eigenvalue weighted by atomic mass is 79.9. The monoisotopic (exact) mass is 350 g/mol. The molecule has 20 heavy (non-hydrogen) atoms. The number of rotatable bonds is 4. The Morgan fingerprint density at radius 2 is 1.55 bits per heavy atom. The summed E-state index contributed by atoms with van der Waals surface area (Å²) in [5.41, 5.74) is 1.25. The van der Waals surface area contributed by atoms with Crippen molar-refractivity contribution >= 4 is 15.9 Å². The molecule has 0 radical (unpaired) electrons. The minimum Gasteiger partial charge on any atom is -0.299 e. The maximum atomic E-state index is 12.5. The number of hydrogen-bond donors (Lipinski definition) is 0. The molecule has 1 aliphatic rings. The molecule has 0 spiro atoms. The molecular weight excluding hydrogens is 333 g/mol.